The first-order chi connectivity index (χ1) is 11.5. The van der Waals surface area contributed by atoms with Crippen molar-refractivity contribution in [2.24, 2.45) is 0 Å². The van der Waals surface area contributed by atoms with Gasteiger partial charge in [0, 0.05) is 10.6 Å². The quantitative estimate of drug-likeness (QED) is 0.845. The number of nitrogens with one attached hydrogen (secondary N) is 1. The topological polar surface area (TPSA) is 66.5 Å². The molecular weight excluding hydrogens is 351 g/mol. The molecule has 2 aromatic rings. The first kappa shape index (κ1) is 16.4. The molecule has 0 unspecified atom stereocenters. The van der Waals surface area contributed by atoms with Gasteiger partial charge in [0.1, 0.15) is 12.4 Å². The average molecular weight is 362 g/mol. The smallest absolute Gasteiger partial charge is 0.294 e. The van der Waals surface area contributed by atoms with Crippen molar-refractivity contribution in [3.63, 3.8) is 0 Å². The molecule has 2 heterocycles. The molecule has 3 rings (SSSR count). The highest BCUT2D eigenvalue weighted by molar-refractivity contribution is 8.18. The summed E-state index contributed by atoms with van der Waals surface area (Å²) in [6.45, 7) is -0.385. The van der Waals surface area contributed by atoms with Gasteiger partial charge >= 0.3 is 0 Å². The third-order valence-electron chi connectivity index (χ3n) is 3.12. The molecule has 0 aliphatic carbocycles. The van der Waals surface area contributed by atoms with Crippen LogP contribution in [0.15, 0.2) is 46.7 Å². The minimum Gasteiger partial charge on any atom is -0.325 e. The first-order valence-electron chi connectivity index (χ1n) is 6.87. The van der Waals surface area contributed by atoms with Crippen molar-refractivity contribution in [2.75, 3.05) is 11.9 Å². The van der Waals surface area contributed by atoms with Crippen molar-refractivity contribution in [3.8, 4) is 0 Å². The summed E-state index contributed by atoms with van der Waals surface area (Å²) in [6, 6.07) is 8.89. The molecule has 5 nitrogen and oxygen atoms in total. The Balaban J connectivity index is 1.66. The number of anilines is 1. The molecule has 0 bridgehead atoms. The van der Waals surface area contributed by atoms with Crippen LogP contribution in [0.1, 0.15) is 4.88 Å². The number of hydrogen-bond donors (Lipinski definition) is 1. The van der Waals surface area contributed by atoms with Crippen LogP contribution in [0.2, 0.25) is 0 Å². The Kier molecular flexibility index (Phi) is 4.77. The van der Waals surface area contributed by atoms with Crippen molar-refractivity contribution in [2.45, 2.75) is 0 Å². The van der Waals surface area contributed by atoms with Crippen molar-refractivity contribution in [3.05, 3.63) is 57.4 Å². The van der Waals surface area contributed by atoms with Crippen LogP contribution in [0.25, 0.3) is 6.08 Å². The summed E-state index contributed by atoms with van der Waals surface area (Å²) in [5, 5.41) is 3.90. The number of thioether (sulfide) groups is 1. The van der Waals surface area contributed by atoms with Gasteiger partial charge in [0.2, 0.25) is 5.91 Å². The zero-order valence-electron chi connectivity index (χ0n) is 12.2. The van der Waals surface area contributed by atoms with Gasteiger partial charge in [0.05, 0.1) is 4.91 Å². The van der Waals surface area contributed by atoms with Crippen LogP contribution in [0, 0.1) is 5.82 Å². The number of nitrogens with zero attached hydrogens (tertiary/aromatic N) is 1. The number of imide groups is 1. The Labute approximate surface area is 145 Å². The minimum atomic E-state index is -0.527. The maximum Gasteiger partial charge on any atom is 0.294 e. The maximum atomic E-state index is 12.8. The molecule has 1 aromatic heterocycles. The van der Waals surface area contributed by atoms with E-state index in [1.807, 2.05) is 17.5 Å². The summed E-state index contributed by atoms with van der Waals surface area (Å²) in [5.41, 5.74) is 0.391. The van der Waals surface area contributed by atoms with E-state index in [9.17, 15) is 18.8 Å². The summed E-state index contributed by atoms with van der Waals surface area (Å²) < 4.78 is 12.8. The molecule has 122 valence electrons. The van der Waals surface area contributed by atoms with E-state index in [0.29, 0.717) is 5.69 Å². The summed E-state index contributed by atoms with van der Waals surface area (Å²) >= 11 is 2.26. The molecule has 3 amide bonds. The number of hydrogen-bond acceptors (Lipinski definition) is 5. The Bertz CT molecular complexity index is 816. The van der Waals surface area contributed by atoms with Gasteiger partial charge in [-0.3, -0.25) is 19.3 Å². The number of carbonyl (C=O) groups excluding carboxylic acids is 3. The lowest BCUT2D eigenvalue weighted by atomic mass is 10.3. The predicted octanol–water partition coefficient (Wildman–Crippen LogP) is 3.56. The maximum absolute atomic E-state index is 12.8. The first-order valence-corrected chi connectivity index (χ1v) is 8.57. The number of amides is 3. The van der Waals surface area contributed by atoms with Crippen molar-refractivity contribution >= 4 is 51.9 Å². The molecule has 1 aliphatic rings. The zero-order valence-corrected chi connectivity index (χ0v) is 13.8. The molecule has 8 heteroatoms. The summed E-state index contributed by atoms with van der Waals surface area (Å²) in [5.74, 6) is -1.44. The Morgan fingerprint density at radius 2 is 1.96 bits per heavy atom. The van der Waals surface area contributed by atoms with Crippen LogP contribution in [0.4, 0.5) is 14.9 Å². The fourth-order valence-corrected chi connectivity index (χ4v) is 3.58. The Morgan fingerprint density at radius 3 is 2.62 bits per heavy atom. The molecule has 1 aromatic carbocycles. The Hall–Kier alpha value is -2.45. The molecule has 1 saturated heterocycles. The molecule has 1 fully saturated rings. The van der Waals surface area contributed by atoms with Gasteiger partial charge in [0.25, 0.3) is 11.1 Å². The van der Waals surface area contributed by atoms with Gasteiger partial charge in [-0.05, 0) is 53.5 Å². The highest BCUT2D eigenvalue weighted by atomic mass is 32.2. The SMILES string of the molecule is O=C(CN1C(=O)S/C(=C\c2cccs2)C1=O)Nc1ccc(F)cc1. The number of benzene rings is 1. The average Bonchev–Trinajstić information content (AvgIpc) is 3.14. The lowest BCUT2D eigenvalue weighted by Crippen LogP contribution is -2.36. The number of thiophene rings is 1. The van der Waals surface area contributed by atoms with Crippen LogP contribution < -0.4 is 5.32 Å². The molecule has 24 heavy (non-hydrogen) atoms. The van der Waals surface area contributed by atoms with Gasteiger partial charge in [-0.25, -0.2) is 4.39 Å². The van der Waals surface area contributed by atoms with Crippen LogP contribution in [-0.2, 0) is 9.59 Å². The molecular formula is C16H11FN2O3S2. The predicted molar refractivity (Wildman–Crippen MR) is 92.0 cm³/mol. The van der Waals surface area contributed by atoms with Crippen LogP contribution >= 0.6 is 23.1 Å². The van der Waals surface area contributed by atoms with E-state index in [1.54, 1.807) is 6.08 Å². The molecule has 0 spiro atoms. The summed E-state index contributed by atoms with van der Waals surface area (Å²) in [7, 11) is 0. The van der Waals surface area contributed by atoms with Crippen LogP contribution in [0.5, 0.6) is 0 Å². The molecule has 0 atom stereocenters. The number of halogens is 1. The van der Waals surface area contributed by atoms with Crippen molar-refractivity contribution in [1.82, 2.24) is 4.90 Å². The molecule has 0 radical (unpaired) electrons. The summed E-state index contributed by atoms with van der Waals surface area (Å²) in [4.78, 5) is 38.3. The van der Waals surface area contributed by atoms with E-state index in [-0.39, 0.29) is 11.4 Å². The second kappa shape index (κ2) is 6.98. The van der Waals surface area contributed by atoms with E-state index in [2.05, 4.69) is 5.32 Å². The number of carbonyl (C=O) groups is 3. The van der Waals surface area contributed by atoms with Crippen molar-refractivity contribution in [1.29, 1.82) is 0 Å². The molecule has 0 saturated carbocycles. The van der Waals surface area contributed by atoms with E-state index in [0.717, 1.165) is 21.5 Å². The minimum absolute atomic E-state index is 0.289. The Morgan fingerprint density at radius 1 is 1.21 bits per heavy atom. The second-order valence-corrected chi connectivity index (χ2v) is 6.81. The highest BCUT2D eigenvalue weighted by Gasteiger charge is 2.36. The normalized spacial score (nSPS) is 16.0. The second-order valence-electron chi connectivity index (χ2n) is 4.84. The van der Waals surface area contributed by atoms with Gasteiger partial charge in [0.15, 0.2) is 0 Å². The van der Waals surface area contributed by atoms with Gasteiger partial charge < -0.3 is 5.32 Å². The van der Waals surface area contributed by atoms with E-state index < -0.39 is 22.9 Å². The third-order valence-corrected chi connectivity index (χ3v) is 4.85. The fourth-order valence-electron chi connectivity index (χ4n) is 2.02. The van der Waals surface area contributed by atoms with E-state index >= 15 is 0 Å². The van der Waals surface area contributed by atoms with Crippen molar-refractivity contribution < 1.29 is 18.8 Å². The third kappa shape index (κ3) is 3.72. The lowest BCUT2D eigenvalue weighted by Gasteiger charge is -2.12. The van der Waals surface area contributed by atoms with Gasteiger partial charge in [-0.2, -0.15) is 0 Å². The fraction of sp³-hybridized carbons (Fsp3) is 0.0625. The van der Waals surface area contributed by atoms with Crippen LogP contribution in [-0.4, -0.2) is 28.5 Å². The zero-order chi connectivity index (χ0) is 17.1. The summed E-state index contributed by atoms with van der Waals surface area (Å²) in [6.07, 6.45) is 1.63. The highest BCUT2D eigenvalue weighted by Crippen LogP contribution is 2.32. The molecule has 1 aliphatic heterocycles. The standard InChI is InChI=1S/C16H11FN2O3S2/c17-10-3-5-11(6-4-10)18-14(20)9-19-15(21)13(24-16(19)22)8-12-2-1-7-23-12/h1-8H,9H2,(H,18,20)/b13-8-. The van der Waals surface area contributed by atoms with Gasteiger partial charge in [-0.15, -0.1) is 11.3 Å². The van der Waals surface area contributed by atoms with E-state index in [4.69, 9.17) is 0 Å². The van der Waals surface area contributed by atoms with E-state index in [1.165, 1.54) is 35.6 Å². The number of rotatable bonds is 4. The van der Waals surface area contributed by atoms with Crippen LogP contribution in [0.3, 0.4) is 0 Å². The largest absolute Gasteiger partial charge is 0.325 e. The lowest BCUT2D eigenvalue weighted by molar-refractivity contribution is -0.127. The van der Waals surface area contributed by atoms with Gasteiger partial charge in [-0.1, -0.05) is 6.07 Å². The monoisotopic (exact) mass is 362 g/mol. The molecule has 1 N–H and O–H groups in total.